The molecular weight excluding hydrogens is 216 g/mol. The monoisotopic (exact) mass is 238 g/mol. The molecule has 1 aromatic rings. The van der Waals surface area contributed by atoms with E-state index in [1.54, 1.807) is 11.0 Å². The van der Waals surface area contributed by atoms with Crippen LogP contribution in [0.5, 0.6) is 0 Å². The lowest BCUT2D eigenvalue weighted by Gasteiger charge is -2.31. The van der Waals surface area contributed by atoms with Gasteiger partial charge in [0.05, 0.1) is 6.10 Å². The van der Waals surface area contributed by atoms with Crippen LogP contribution in [0.25, 0.3) is 0 Å². The van der Waals surface area contributed by atoms with Crippen molar-refractivity contribution in [3.63, 3.8) is 0 Å². The Hall–Kier alpha value is -0.940. The summed E-state index contributed by atoms with van der Waals surface area (Å²) in [5.41, 5.74) is 0. The third kappa shape index (κ3) is 3.51. The minimum absolute atomic E-state index is 0.375. The molecule has 96 valence electrons. The zero-order valence-corrected chi connectivity index (χ0v) is 10.7. The molecule has 1 aliphatic rings. The number of nitrogens with zero attached hydrogens (tertiary/aromatic N) is 3. The van der Waals surface area contributed by atoms with E-state index in [0.717, 1.165) is 18.8 Å². The van der Waals surface area contributed by atoms with Crippen LogP contribution in [0.1, 0.15) is 31.5 Å². The first kappa shape index (κ1) is 12.5. The van der Waals surface area contributed by atoms with Gasteiger partial charge in [-0.25, -0.2) is 4.98 Å². The molecule has 0 aromatic carbocycles. The number of rotatable bonds is 5. The molecule has 1 saturated carbocycles. The van der Waals surface area contributed by atoms with Crippen LogP contribution in [0.3, 0.4) is 0 Å². The second-order valence-electron chi connectivity index (χ2n) is 4.70. The first-order chi connectivity index (χ1) is 8.29. The van der Waals surface area contributed by atoms with Crippen molar-refractivity contribution in [1.29, 1.82) is 0 Å². The summed E-state index contributed by atoms with van der Waals surface area (Å²) < 4.78 is 7.26. The molecule has 2 unspecified atom stereocenters. The van der Waals surface area contributed by atoms with Gasteiger partial charge in [0.25, 0.3) is 0 Å². The second-order valence-corrected chi connectivity index (χ2v) is 4.70. The minimum atomic E-state index is 0.375. The maximum absolute atomic E-state index is 5.51. The van der Waals surface area contributed by atoms with Crippen LogP contribution in [-0.4, -0.2) is 40.6 Å². The van der Waals surface area contributed by atoms with Crippen molar-refractivity contribution in [2.24, 2.45) is 7.05 Å². The quantitative estimate of drug-likeness (QED) is 0.828. The maximum Gasteiger partial charge on any atom is 0.151 e. The fraction of sp³-hybridized carbons (Fsp3) is 0.833. The summed E-state index contributed by atoms with van der Waals surface area (Å²) in [6.07, 6.45) is 7.99. The van der Waals surface area contributed by atoms with Gasteiger partial charge in [-0.3, -0.25) is 4.68 Å². The van der Waals surface area contributed by atoms with Gasteiger partial charge >= 0.3 is 0 Å². The highest BCUT2D eigenvalue weighted by Crippen LogP contribution is 2.20. The molecule has 0 bridgehead atoms. The highest BCUT2D eigenvalue weighted by Gasteiger charge is 2.23. The molecule has 0 aliphatic heterocycles. The van der Waals surface area contributed by atoms with Crippen molar-refractivity contribution in [1.82, 2.24) is 20.1 Å². The van der Waals surface area contributed by atoms with Gasteiger partial charge < -0.3 is 10.1 Å². The average Bonchev–Trinajstić information content (AvgIpc) is 2.76. The van der Waals surface area contributed by atoms with Gasteiger partial charge in [0, 0.05) is 33.2 Å². The summed E-state index contributed by atoms with van der Waals surface area (Å²) in [6, 6.07) is 0.498. The first-order valence-electron chi connectivity index (χ1n) is 6.40. The van der Waals surface area contributed by atoms with Gasteiger partial charge in [-0.2, -0.15) is 5.10 Å². The van der Waals surface area contributed by atoms with Crippen LogP contribution in [0.4, 0.5) is 0 Å². The van der Waals surface area contributed by atoms with E-state index in [1.807, 2.05) is 14.2 Å². The molecule has 1 aliphatic carbocycles. The van der Waals surface area contributed by atoms with E-state index in [2.05, 4.69) is 15.4 Å². The van der Waals surface area contributed by atoms with E-state index >= 15 is 0 Å². The number of ether oxygens (including phenoxy) is 1. The Bertz CT molecular complexity index is 339. The number of nitrogens with one attached hydrogen (secondary N) is 1. The third-order valence-corrected chi connectivity index (χ3v) is 3.41. The molecule has 17 heavy (non-hydrogen) atoms. The lowest BCUT2D eigenvalue weighted by atomic mass is 9.92. The van der Waals surface area contributed by atoms with E-state index in [1.165, 1.54) is 25.7 Å². The predicted molar refractivity (Wildman–Crippen MR) is 65.8 cm³/mol. The molecule has 2 rings (SSSR count). The summed E-state index contributed by atoms with van der Waals surface area (Å²) in [4.78, 5) is 4.22. The zero-order chi connectivity index (χ0) is 12.1. The van der Waals surface area contributed by atoms with Gasteiger partial charge in [0.2, 0.25) is 0 Å². The maximum atomic E-state index is 5.51. The summed E-state index contributed by atoms with van der Waals surface area (Å²) in [7, 11) is 3.71. The zero-order valence-electron chi connectivity index (χ0n) is 10.7. The van der Waals surface area contributed by atoms with Crippen molar-refractivity contribution in [3.8, 4) is 0 Å². The fourth-order valence-electron chi connectivity index (χ4n) is 2.48. The number of hydrogen-bond donors (Lipinski definition) is 1. The first-order valence-corrected chi connectivity index (χ1v) is 6.40. The van der Waals surface area contributed by atoms with E-state index < -0.39 is 0 Å². The minimum Gasteiger partial charge on any atom is -0.380 e. The van der Waals surface area contributed by atoms with Crippen LogP contribution >= 0.6 is 0 Å². The number of methoxy groups -OCH3 is 1. The Balaban J connectivity index is 1.73. The van der Waals surface area contributed by atoms with E-state index in [0.29, 0.717) is 12.1 Å². The molecular formula is C12H22N4O. The van der Waals surface area contributed by atoms with Crippen LogP contribution in [-0.2, 0) is 18.2 Å². The van der Waals surface area contributed by atoms with Gasteiger partial charge in [0.1, 0.15) is 6.33 Å². The molecule has 2 atom stereocenters. The molecule has 5 nitrogen and oxygen atoms in total. The normalized spacial score (nSPS) is 25.1. The smallest absolute Gasteiger partial charge is 0.151 e. The number of aryl methyl sites for hydroxylation is 1. The van der Waals surface area contributed by atoms with Gasteiger partial charge in [0.15, 0.2) is 5.82 Å². The lowest BCUT2D eigenvalue weighted by molar-refractivity contribution is 0.0421. The average molecular weight is 238 g/mol. The Morgan fingerprint density at radius 2 is 2.29 bits per heavy atom. The molecule has 1 N–H and O–H groups in total. The van der Waals surface area contributed by atoms with Crippen molar-refractivity contribution < 1.29 is 4.74 Å². The SMILES string of the molecule is COC1CCCCC1NCCc1ncn(C)n1. The molecule has 0 saturated heterocycles. The highest BCUT2D eigenvalue weighted by atomic mass is 16.5. The second kappa shape index (κ2) is 6.12. The van der Waals surface area contributed by atoms with Crippen LogP contribution in [0.2, 0.25) is 0 Å². The van der Waals surface area contributed by atoms with Crippen molar-refractivity contribution in [2.75, 3.05) is 13.7 Å². The van der Waals surface area contributed by atoms with Crippen molar-refractivity contribution >= 4 is 0 Å². The fourth-order valence-corrected chi connectivity index (χ4v) is 2.48. The van der Waals surface area contributed by atoms with E-state index in [4.69, 9.17) is 4.74 Å². The Labute approximate surface area is 103 Å². The largest absolute Gasteiger partial charge is 0.380 e. The van der Waals surface area contributed by atoms with Crippen LogP contribution in [0, 0.1) is 0 Å². The topological polar surface area (TPSA) is 52.0 Å². The predicted octanol–water partition coefficient (Wildman–Crippen LogP) is 0.905. The molecule has 0 spiro atoms. The van der Waals surface area contributed by atoms with Crippen molar-refractivity contribution in [2.45, 2.75) is 44.2 Å². The molecule has 0 radical (unpaired) electrons. The lowest BCUT2D eigenvalue weighted by Crippen LogP contribution is -2.43. The van der Waals surface area contributed by atoms with E-state index in [9.17, 15) is 0 Å². The third-order valence-electron chi connectivity index (χ3n) is 3.41. The standard InChI is InChI=1S/C12H22N4O/c1-16-9-14-12(15-16)7-8-13-10-5-3-4-6-11(10)17-2/h9-11,13H,3-8H2,1-2H3. The summed E-state index contributed by atoms with van der Waals surface area (Å²) in [6.45, 7) is 0.925. The molecule has 1 heterocycles. The summed E-state index contributed by atoms with van der Waals surface area (Å²) in [5.74, 6) is 0.907. The Kier molecular flexibility index (Phi) is 4.50. The summed E-state index contributed by atoms with van der Waals surface area (Å²) >= 11 is 0. The molecule has 1 fully saturated rings. The van der Waals surface area contributed by atoms with Gasteiger partial charge in [-0.15, -0.1) is 0 Å². The number of hydrogen-bond acceptors (Lipinski definition) is 4. The van der Waals surface area contributed by atoms with Crippen molar-refractivity contribution in [3.05, 3.63) is 12.2 Å². The Morgan fingerprint density at radius 1 is 1.47 bits per heavy atom. The molecule has 1 aromatic heterocycles. The van der Waals surface area contributed by atoms with Gasteiger partial charge in [-0.1, -0.05) is 12.8 Å². The molecule has 0 amide bonds. The molecule has 5 heteroatoms. The van der Waals surface area contributed by atoms with Crippen LogP contribution in [0.15, 0.2) is 6.33 Å². The van der Waals surface area contributed by atoms with Gasteiger partial charge in [-0.05, 0) is 12.8 Å². The van der Waals surface area contributed by atoms with Crippen LogP contribution < -0.4 is 5.32 Å². The summed E-state index contributed by atoms with van der Waals surface area (Å²) in [5, 5.41) is 7.83. The number of aromatic nitrogens is 3. The Morgan fingerprint density at radius 3 is 3.00 bits per heavy atom. The highest BCUT2D eigenvalue weighted by molar-refractivity contribution is 4.85. The van der Waals surface area contributed by atoms with E-state index in [-0.39, 0.29) is 0 Å².